The van der Waals surface area contributed by atoms with Gasteiger partial charge < -0.3 is 9.47 Å². The summed E-state index contributed by atoms with van der Waals surface area (Å²) in [6.45, 7) is 1.48. The van der Waals surface area contributed by atoms with Gasteiger partial charge in [-0.05, 0) is 79.8 Å². The van der Waals surface area contributed by atoms with Crippen molar-refractivity contribution in [3.05, 3.63) is 77.9 Å². The number of methoxy groups -OCH3 is 1. The summed E-state index contributed by atoms with van der Waals surface area (Å²) in [5.74, 6) is 0.478. The molecule has 1 atom stereocenters. The normalized spacial score (nSPS) is 17.3. The van der Waals surface area contributed by atoms with E-state index >= 15 is 0 Å². The van der Waals surface area contributed by atoms with Gasteiger partial charge in [-0.15, -0.1) is 0 Å². The Hall–Kier alpha value is -3.47. The minimum absolute atomic E-state index is 0.0747. The SMILES string of the molecule is COc1ccc2nc(N(CC3CCCO3)C(=O)c3ccc(S(=O)(=O)N4CCCc5ccccc54)cc3)sc2c1. The van der Waals surface area contributed by atoms with Crippen LogP contribution in [0.1, 0.15) is 35.2 Å². The van der Waals surface area contributed by atoms with E-state index in [-0.39, 0.29) is 16.9 Å². The highest BCUT2D eigenvalue weighted by Gasteiger charge is 2.30. The van der Waals surface area contributed by atoms with E-state index in [0.717, 1.165) is 52.9 Å². The summed E-state index contributed by atoms with van der Waals surface area (Å²) in [5, 5.41) is 0.570. The Kier molecular flexibility index (Phi) is 7.01. The van der Waals surface area contributed by atoms with Crippen LogP contribution in [0, 0.1) is 0 Å². The molecule has 1 saturated heterocycles. The number of nitrogens with zero attached hydrogens (tertiary/aromatic N) is 3. The third-order valence-electron chi connectivity index (χ3n) is 7.23. The summed E-state index contributed by atoms with van der Waals surface area (Å²) in [6, 6.07) is 19.5. The van der Waals surface area contributed by atoms with Crippen LogP contribution in [-0.4, -0.2) is 52.2 Å². The second-order valence-electron chi connectivity index (χ2n) is 9.71. The molecule has 0 aliphatic carbocycles. The predicted molar refractivity (Wildman–Crippen MR) is 153 cm³/mol. The van der Waals surface area contributed by atoms with Gasteiger partial charge in [0.15, 0.2) is 5.13 Å². The molecular weight excluding hydrogens is 534 g/mol. The summed E-state index contributed by atoms with van der Waals surface area (Å²) in [4.78, 5) is 20.3. The van der Waals surface area contributed by atoms with E-state index < -0.39 is 10.0 Å². The average molecular weight is 564 g/mol. The van der Waals surface area contributed by atoms with Gasteiger partial charge in [-0.3, -0.25) is 14.0 Å². The third kappa shape index (κ3) is 4.99. The van der Waals surface area contributed by atoms with Crippen molar-refractivity contribution < 1.29 is 22.7 Å². The maximum atomic E-state index is 13.8. The van der Waals surface area contributed by atoms with E-state index in [4.69, 9.17) is 14.5 Å². The Morgan fingerprint density at radius 2 is 1.95 bits per heavy atom. The molecule has 0 radical (unpaired) electrons. The van der Waals surface area contributed by atoms with Gasteiger partial charge in [-0.2, -0.15) is 0 Å². The number of fused-ring (bicyclic) bond motifs is 2. The highest BCUT2D eigenvalue weighted by Crippen LogP contribution is 2.34. The van der Waals surface area contributed by atoms with E-state index in [1.807, 2.05) is 42.5 Å². The number of aryl methyl sites for hydroxylation is 1. The van der Waals surface area contributed by atoms with Crippen LogP contribution in [0.25, 0.3) is 10.2 Å². The first kappa shape index (κ1) is 25.8. The van der Waals surface area contributed by atoms with Crippen LogP contribution in [0.4, 0.5) is 10.8 Å². The summed E-state index contributed by atoms with van der Waals surface area (Å²) in [5.41, 5.74) is 2.92. The minimum Gasteiger partial charge on any atom is -0.497 e. The van der Waals surface area contributed by atoms with Crippen LogP contribution in [0.15, 0.2) is 71.6 Å². The van der Waals surface area contributed by atoms with Crippen molar-refractivity contribution in [2.24, 2.45) is 0 Å². The summed E-state index contributed by atoms with van der Waals surface area (Å²) < 4.78 is 40.7. The standard InChI is InChI=1S/C29H29N3O5S2/c1-36-22-12-15-25-27(18-22)38-29(30-25)31(19-23-8-5-17-37-23)28(33)21-10-13-24(14-11-21)39(34,35)32-16-4-7-20-6-2-3-9-26(20)32/h2-3,6,9-15,18,23H,4-5,7-8,16-17,19H2,1H3. The van der Waals surface area contributed by atoms with Crippen LogP contribution in [0.5, 0.6) is 5.75 Å². The zero-order valence-electron chi connectivity index (χ0n) is 21.6. The van der Waals surface area contributed by atoms with Gasteiger partial charge in [0.1, 0.15) is 5.75 Å². The van der Waals surface area contributed by atoms with Crippen LogP contribution in [0.2, 0.25) is 0 Å². The first-order valence-electron chi connectivity index (χ1n) is 13.0. The van der Waals surface area contributed by atoms with Crippen molar-refractivity contribution in [3.63, 3.8) is 0 Å². The summed E-state index contributed by atoms with van der Waals surface area (Å²) >= 11 is 1.42. The van der Waals surface area contributed by atoms with Crippen molar-refractivity contribution in [3.8, 4) is 5.75 Å². The Morgan fingerprint density at radius 3 is 2.72 bits per heavy atom. The molecule has 1 unspecified atom stereocenters. The molecule has 0 spiro atoms. The topological polar surface area (TPSA) is 89.0 Å². The molecule has 1 amide bonds. The van der Waals surface area contributed by atoms with Crippen molar-refractivity contribution in [1.29, 1.82) is 0 Å². The number of ether oxygens (including phenoxy) is 2. The number of anilines is 2. The molecule has 2 aliphatic rings. The van der Waals surface area contributed by atoms with Gasteiger partial charge in [0.2, 0.25) is 0 Å². The van der Waals surface area contributed by atoms with E-state index in [1.165, 1.54) is 27.8 Å². The molecule has 0 saturated carbocycles. The lowest BCUT2D eigenvalue weighted by Gasteiger charge is -2.30. The Morgan fingerprint density at radius 1 is 1.13 bits per heavy atom. The fourth-order valence-electron chi connectivity index (χ4n) is 5.18. The van der Waals surface area contributed by atoms with E-state index in [1.54, 1.807) is 24.1 Å². The van der Waals surface area contributed by atoms with Crippen LogP contribution >= 0.6 is 11.3 Å². The quantitative estimate of drug-likeness (QED) is 0.304. The van der Waals surface area contributed by atoms with Gasteiger partial charge in [-0.1, -0.05) is 29.5 Å². The summed E-state index contributed by atoms with van der Waals surface area (Å²) in [7, 11) is -2.15. The molecule has 8 nitrogen and oxygen atoms in total. The average Bonchev–Trinajstić information content (AvgIpc) is 3.64. The monoisotopic (exact) mass is 563 g/mol. The number of benzene rings is 3. The van der Waals surface area contributed by atoms with Crippen LogP contribution in [0.3, 0.4) is 0 Å². The number of rotatable bonds is 7. The van der Waals surface area contributed by atoms with Crippen LogP contribution in [-0.2, 0) is 21.2 Å². The predicted octanol–water partition coefficient (Wildman–Crippen LogP) is 5.27. The maximum absolute atomic E-state index is 13.8. The number of hydrogen-bond donors (Lipinski definition) is 0. The number of aromatic nitrogens is 1. The molecule has 0 N–H and O–H groups in total. The molecule has 1 fully saturated rings. The molecule has 1 aromatic heterocycles. The van der Waals surface area contributed by atoms with Gasteiger partial charge in [0, 0.05) is 18.7 Å². The molecular formula is C29H29N3O5S2. The van der Waals surface area contributed by atoms with Gasteiger partial charge >= 0.3 is 0 Å². The lowest BCUT2D eigenvalue weighted by atomic mass is 10.0. The van der Waals surface area contributed by atoms with Crippen molar-refractivity contribution in [2.75, 3.05) is 36.0 Å². The van der Waals surface area contributed by atoms with Gasteiger partial charge in [-0.25, -0.2) is 13.4 Å². The molecule has 3 aromatic carbocycles. The van der Waals surface area contributed by atoms with Crippen molar-refractivity contribution in [1.82, 2.24) is 4.98 Å². The number of carbonyl (C=O) groups is 1. The molecule has 6 rings (SSSR count). The lowest BCUT2D eigenvalue weighted by Crippen LogP contribution is -2.37. The molecule has 39 heavy (non-hydrogen) atoms. The smallest absolute Gasteiger partial charge is 0.264 e. The first-order valence-corrected chi connectivity index (χ1v) is 15.3. The molecule has 2 aliphatic heterocycles. The lowest BCUT2D eigenvalue weighted by molar-refractivity contribution is 0.0917. The molecule has 3 heterocycles. The molecule has 10 heteroatoms. The Balaban J connectivity index is 1.30. The minimum atomic E-state index is -3.77. The van der Waals surface area contributed by atoms with Crippen LogP contribution < -0.4 is 13.9 Å². The largest absolute Gasteiger partial charge is 0.497 e. The molecule has 4 aromatic rings. The number of thiazole rings is 1. The third-order valence-corrected chi connectivity index (χ3v) is 10.1. The second kappa shape index (κ2) is 10.6. The fourth-order valence-corrected chi connectivity index (χ4v) is 7.72. The molecule has 202 valence electrons. The van der Waals surface area contributed by atoms with Gasteiger partial charge in [0.05, 0.1) is 40.6 Å². The number of hydrogen-bond acceptors (Lipinski definition) is 7. The number of carbonyl (C=O) groups excluding carboxylic acids is 1. The van der Waals surface area contributed by atoms with Crippen molar-refractivity contribution >= 4 is 48.3 Å². The molecule has 0 bridgehead atoms. The second-order valence-corrected chi connectivity index (χ2v) is 12.6. The van der Waals surface area contributed by atoms with E-state index in [9.17, 15) is 13.2 Å². The highest BCUT2D eigenvalue weighted by molar-refractivity contribution is 7.92. The Labute approximate surface area is 231 Å². The number of para-hydroxylation sites is 1. The zero-order valence-corrected chi connectivity index (χ0v) is 23.2. The van der Waals surface area contributed by atoms with Crippen molar-refractivity contribution in [2.45, 2.75) is 36.7 Å². The number of sulfonamides is 1. The first-order chi connectivity index (χ1) is 18.9. The maximum Gasteiger partial charge on any atom is 0.264 e. The van der Waals surface area contributed by atoms with E-state index in [2.05, 4.69) is 0 Å². The highest BCUT2D eigenvalue weighted by atomic mass is 32.2. The Bertz CT molecular complexity index is 1610. The van der Waals surface area contributed by atoms with Gasteiger partial charge in [0.25, 0.3) is 15.9 Å². The zero-order chi connectivity index (χ0) is 27.0. The number of amides is 1. The fraction of sp³-hybridized carbons (Fsp3) is 0.310. The summed E-state index contributed by atoms with van der Waals surface area (Å²) in [6.07, 6.45) is 3.37. The van der Waals surface area contributed by atoms with E-state index in [0.29, 0.717) is 30.4 Å².